The predicted octanol–water partition coefficient (Wildman–Crippen LogP) is 2.81. The van der Waals surface area contributed by atoms with Crippen molar-refractivity contribution in [1.82, 2.24) is 15.5 Å². The molecule has 6 nitrogen and oxygen atoms in total. The van der Waals surface area contributed by atoms with Crippen LogP contribution in [0.25, 0.3) is 0 Å². The number of aromatic nitrogens is 2. The maximum absolute atomic E-state index is 12.4. The zero-order chi connectivity index (χ0) is 15.6. The van der Waals surface area contributed by atoms with Crippen LogP contribution in [0.1, 0.15) is 68.1 Å². The van der Waals surface area contributed by atoms with Gasteiger partial charge in [-0.1, -0.05) is 13.8 Å². The Morgan fingerprint density at radius 1 is 1.43 bits per heavy atom. The van der Waals surface area contributed by atoms with E-state index >= 15 is 0 Å². The molecule has 2 rings (SSSR count). The van der Waals surface area contributed by atoms with Gasteiger partial charge in [0, 0.05) is 5.92 Å². The Morgan fingerprint density at radius 3 is 2.52 bits per heavy atom. The van der Waals surface area contributed by atoms with Crippen LogP contribution in [0, 0.1) is 0 Å². The lowest BCUT2D eigenvalue weighted by Gasteiger charge is -2.31. The number of hydrogen-bond acceptors (Lipinski definition) is 3. The Hall–Kier alpha value is -1.37. The van der Waals surface area contributed by atoms with Crippen LogP contribution < -0.4 is 5.32 Å². The van der Waals surface area contributed by atoms with Crippen molar-refractivity contribution in [2.45, 2.75) is 57.4 Å². The summed E-state index contributed by atoms with van der Waals surface area (Å²) in [5.74, 6) is -0.803. The second-order valence-corrected chi connectivity index (χ2v) is 6.38. The number of carbonyl (C=O) groups excluding carboxylic acids is 1. The van der Waals surface area contributed by atoms with Gasteiger partial charge in [0.05, 0.1) is 22.1 Å². The minimum absolute atomic E-state index is 0.0940. The maximum Gasteiger partial charge on any atom is 0.305 e. The first-order valence-corrected chi connectivity index (χ1v) is 7.99. The summed E-state index contributed by atoms with van der Waals surface area (Å²) in [5.41, 5.74) is 0.520. The van der Waals surface area contributed by atoms with Crippen LogP contribution in [0.15, 0.2) is 4.47 Å². The van der Waals surface area contributed by atoms with Gasteiger partial charge in [0.2, 0.25) is 0 Å². The molecule has 116 valence electrons. The molecule has 0 unspecified atom stereocenters. The average molecular weight is 358 g/mol. The van der Waals surface area contributed by atoms with Crippen LogP contribution in [0.3, 0.4) is 0 Å². The lowest BCUT2D eigenvalue weighted by molar-refractivity contribution is -0.138. The Morgan fingerprint density at radius 2 is 2.05 bits per heavy atom. The molecule has 0 radical (unpaired) electrons. The number of amides is 1. The summed E-state index contributed by atoms with van der Waals surface area (Å²) in [6, 6.07) is 0. The van der Waals surface area contributed by atoms with Crippen molar-refractivity contribution >= 4 is 27.8 Å². The van der Waals surface area contributed by atoms with E-state index < -0.39 is 11.5 Å². The number of hydrogen-bond donors (Lipinski definition) is 3. The van der Waals surface area contributed by atoms with Crippen molar-refractivity contribution in [2.75, 3.05) is 0 Å². The highest BCUT2D eigenvalue weighted by Gasteiger charge is 2.34. The third kappa shape index (κ3) is 3.45. The van der Waals surface area contributed by atoms with Gasteiger partial charge in [-0.2, -0.15) is 5.10 Å². The second-order valence-electron chi connectivity index (χ2n) is 5.59. The van der Waals surface area contributed by atoms with Crippen LogP contribution in [-0.4, -0.2) is 32.7 Å². The molecule has 1 amide bonds. The molecule has 7 heteroatoms. The molecule has 0 aromatic carbocycles. The van der Waals surface area contributed by atoms with Crippen molar-refractivity contribution in [2.24, 2.45) is 0 Å². The molecular formula is C14H20BrN3O3. The number of aliphatic carboxylic acids is 1. The molecule has 21 heavy (non-hydrogen) atoms. The van der Waals surface area contributed by atoms with Gasteiger partial charge in [-0.05, 0) is 41.6 Å². The number of halogens is 1. The second kappa shape index (κ2) is 6.17. The van der Waals surface area contributed by atoms with Crippen molar-refractivity contribution in [3.05, 3.63) is 15.9 Å². The molecule has 1 saturated carbocycles. The lowest BCUT2D eigenvalue weighted by Crippen LogP contribution is -2.49. The van der Waals surface area contributed by atoms with Crippen molar-refractivity contribution < 1.29 is 14.7 Å². The minimum Gasteiger partial charge on any atom is -0.481 e. The Kier molecular flexibility index (Phi) is 4.70. The molecule has 0 aliphatic heterocycles. The molecule has 1 heterocycles. The molecule has 1 aromatic rings. The topological polar surface area (TPSA) is 95.1 Å². The van der Waals surface area contributed by atoms with Crippen LogP contribution in [0.2, 0.25) is 0 Å². The van der Waals surface area contributed by atoms with Gasteiger partial charge in [-0.25, -0.2) is 0 Å². The van der Waals surface area contributed by atoms with Crippen molar-refractivity contribution in [3.63, 3.8) is 0 Å². The van der Waals surface area contributed by atoms with E-state index in [2.05, 4.69) is 31.4 Å². The molecule has 0 saturated heterocycles. The van der Waals surface area contributed by atoms with Gasteiger partial charge in [0.25, 0.3) is 5.91 Å². The predicted molar refractivity (Wildman–Crippen MR) is 81.3 cm³/mol. The largest absolute Gasteiger partial charge is 0.481 e. The first kappa shape index (κ1) is 16.0. The molecule has 3 N–H and O–H groups in total. The summed E-state index contributed by atoms with van der Waals surface area (Å²) in [6.07, 6.45) is 3.23. The summed E-state index contributed by atoms with van der Waals surface area (Å²) in [6.45, 7) is 3.75. The molecule has 1 aliphatic carbocycles. The summed E-state index contributed by atoms with van der Waals surface area (Å²) < 4.78 is 0.693. The van der Waals surface area contributed by atoms with Crippen molar-refractivity contribution in [3.8, 4) is 0 Å². The van der Waals surface area contributed by atoms with Gasteiger partial charge < -0.3 is 10.4 Å². The van der Waals surface area contributed by atoms with Gasteiger partial charge in [-0.3, -0.25) is 14.7 Å². The third-order valence-corrected chi connectivity index (χ3v) is 4.96. The quantitative estimate of drug-likeness (QED) is 0.699. The van der Waals surface area contributed by atoms with E-state index in [0.717, 1.165) is 18.5 Å². The minimum atomic E-state index is -0.918. The van der Waals surface area contributed by atoms with Gasteiger partial charge in [0.1, 0.15) is 0 Å². The average Bonchev–Trinajstić information content (AvgIpc) is 3.20. The number of rotatable bonds is 7. The fourth-order valence-corrected chi connectivity index (χ4v) is 3.13. The highest BCUT2D eigenvalue weighted by Crippen LogP contribution is 2.42. The highest BCUT2D eigenvalue weighted by atomic mass is 79.9. The summed E-state index contributed by atoms with van der Waals surface area (Å²) >= 11 is 3.42. The fourth-order valence-electron chi connectivity index (χ4n) is 2.45. The van der Waals surface area contributed by atoms with E-state index in [1.807, 2.05) is 13.8 Å². The van der Waals surface area contributed by atoms with E-state index in [1.54, 1.807) is 0 Å². The van der Waals surface area contributed by atoms with Crippen LogP contribution >= 0.6 is 15.9 Å². The third-order valence-electron chi connectivity index (χ3n) is 4.16. The normalized spacial score (nSPS) is 15.0. The number of carboxylic acids is 1. The Bertz CT molecular complexity index is 548. The standard InChI is InChI=1S/C14H20BrN3O3/c1-3-14(4-2,7-9(19)20)16-13(21)12-10(15)11(17-18-12)8-5-6-8/h8H,3-7H2,1-2H3,(H,16,21)(H,17,18)(H,19,20). The molecule has 0 bridgehead atoms. The summed E-state index contributed by atoms with van der Waals surface area (Å²) in [4.78, 5) is 23.5. The van der Waals surface area contributed by atoms with Crippen molar-refractivity contribution in [1.29, 1.82) is 0 Å². The monoisotopic (exact) mass is 357 g/mol. The number of carbonyl (C=O) groups is 2. The van der Waals surface area contributed by atoms with Gasteiger partial charge in [-0.15, -0.1) is 0 Å². The number of nitrogens with zero attached hydrogens (tertiary/aromatic N) is 1. The lowest BCUT2D eigenvalue weighted by atomic mass is 9.89. The van der Waals surface area contributed by atoms with Crippen LogP contribution in [-0.2, 0) is 4.79 Å². The Balaban J connectivity index is 2.16. The van der Waals surface area contributed by atoms with Crippen LogP contribution in [0.5, 0.6) is 0 Å². The SMILES string of the molecule is CCC(CC)(CC(=O)O)NC(=O)c1n[nH]c(C2CC2)c1Br. The Labute approximate surface area is 131 Å². The maximum atomic E-state index is 12.4. The van der Waals surface area contributed by atoms with Gasteiger partial charge in [0.15, 0.2) is 5.69 Å². The van der Waals surface area contributed by atoms with E-state index in [0.29, 0.717) is 28.9 Å². The van der Waals surface area contributed by atoms with E-state index in [1.165, 1.54) is 0 Å². The molecule has 1 fully saturated rings. The zero-order valence-corrected chi connectivity index (χ0v) is 13.8. The highest BCUT2D eigenvalue weighted by molar-refractivity contribution is 9.10. The smallest absolute Gasteiger partial charge is 0.305 e. The van der Waals surface area contributed by atoms with E-state index in [4.69, 9.17) is 5.11 Å². The summed E-state index contributed by atoms with van der Waals surface area (Å²) in [7, 11) is 0. The first-order chi connectivity index (χ1) is 9.92. The molecule has 1 aliphatic rings. The number of nitrogens with one attached hydrogen (secondary N) is 2. The number of aromatic amines is 1. The van der Waals surface area contributed by atoms with Crippen LogP contribution in [0.4, 0.5) is 0 Å². The molecular weight excluding hydrogens is 338 g/mol. The number of H-pyrrole nitrogens is 1. The first-order valence-electron chi connectivity index (χ1n) is 7.20. The summed E-state index contributed by atoms with van der Waals surface area (Å²) in [5, 5.41) is 18.9. The molecule has 0 atom stereocenters. The molecule has 0 spiro atoms. The van der Waals surface area contributed by atoms with Gasteiger partial charge >= 0.3 is 5.97 Å². The molecule has 1 aromatic heterocycles. The van der Waals surface area contributed by atoms with E-state index in [-0.39, 0.29) is 12.3 Å². The zero-order valence-electron chi connectivity index (χ0n) is 12.2. The number of carboxylic acid groups (broad SMARTS) is 1. The fraction of sp³-hybridized carbons (Fsp3) is 0.643. The van der Waals surface area contributed by atoms with E-state index in [9.17, 15) is 9.59 Å².